The molecule has 1 atom stereocenters. The lowest BCUT2D eigenvalue weighted by atomic mass is 10.1. The summed E-state index contributed by atoms with van der Waals surface area (Å²) < 4.78 is 0. The van der Waals surface area contributed by atoms with E-state index in [0.717, 1.165) is 41.4 Å². The van der Waals surface area contributed by atoms with Crippen LogP contribution < -0.4 is 5.32 Å². The third-order valence-corrected chi connectivity index (χ3v) is 5.00. The maximum atomic E-state index is 12.2. The van der Waals surface area contributed by atoms with Crippen molar-refractivity contribution < 1.29 is 9.59 Å². The van der Waals surface area contributed by atoms with Gasteiger partial charge in [-0.15, -0.1) is 23.7 Å². The molecule has 1 amide bonds. The molecule has 1 saturated heterocycles. The van der Waals surface area contributed by atoms with Crippen LogP contribution in [0.2, 0.25) is 0 Å². The number of carbonyl (C=O) groups excluding carboxylic acids is 2. The minimum absolute atomic E-state index is 0. The van der Waals surface area contributed by atoms with Crippen LogP contribution in [0.4, 0.5) is 0 Å². The number of hydrogen-bond acceptors (Lipinski definition) is 4. The normalized spacial score (nSPS) is 17.4. The monoisotopic (exact) mass is 344 g/mol. The lowest BCUT2D eigenvalue weighted by Crippen LogP contribution is -2.30. The number of amides is 1. The van der Waals surface area contributed by atoms with Crippen molar-refractivity contribution in [2.45, 2.75) is 33.1 Å². The van der Waals surface area contributed by atoms with E-state index in [4.69, 9.17) is 0 Å². The highest BCUT2D eigenvalue weighted by atomic mass is 35.5. The molecule has 124 valence electrons. The fourth-order valence-electron chi connectivity index (χ4n) is 2.94. The first-order valence-electron chi connectivity index (χ1n) is 7.54. The Hall–Kier alpha value is -0.910. The Morgan fingerprint density at radius 3 is 2.68 bits per heavy atom. The summed E-state index contributed by atoms with van der Waals surface area (Å²) >= 11 is 1.64. The third-order valence-electron chi connectivity index (χ3n) is 4.04. The van der Waals surface area contributed by atoms with Crippen LogP contribution >= 0.6 is 23.7 Å². The molecule has 1 aliphatic heterocycles. The van der Waals surface area contributed by atoms with Crippen molar-refractivity contribution in [3.63, 3.8) is 0 Å². The quantitative estimate of drug-likeness (QED) is 0.807. The Morgan fingerprint density at radius 1 is 1.36 bits per heavy atom. The number of hydrogen-bond donors (Lipinski definition) is 1. The summed E-state index contributed by atoms with van der Waals surface area (Å²) in [5, 5.41) is 3.16. The predicted octanol–water partition coefficient (Wildman–Crippen LogP) is 2.82. The van der Waals surface area contributed by atoms with E-state index >= 15 is 0 Å². The smallest absolute Gasteiger partial charge is 0.223 e. The third kappa shape index (κ3) is 4.80. The van der Waals surface area contributed by atoms with Gasteiger partial charge in [-0.2, -0.15) is 0 Å². The number of likely N-dealkylation sites (tertiary alicyclic amines) is 1. The molecule has 0 aromatic carbocycles. The van der Waals surface area contributed by atoms with Gasteiger partial charge in [-0.05, 0) is 45.8 Å². The fraction of sp³-hybridized carbons (Fsp3) is 0.625. The van der Waals surface area contributed by atoms with E-state index in [-0.39, 0.29) is 24.1 Å². The summed E-state index contributed by atoms with van der Waals surface area (Å²) in [6.45, 7) is 6.58. The van der Waals surface area contributed by atoms with E-state index in [0.29, 0.717) is 18.8 Å². The summed E-state index contributed by atoms with van der Waals surface area (Å²) in [4.78, 5) is 28.5. The molecule has 0 spiro atoms. The van der Waals surface area contributed by atoms with E-state index in [1.54, 1.807) is 11.3 Å². The van der Waals surface area contributed by atoms with Gasteiger partial charge in [-0.3, -0.25) is 9.59 Å². The van der Waals surface area contributed by atoms with Gasteiger partial charge >= 0.3 is 0 Å². The molecule has 1 aliphatic rings. The van der Waals surface area contributed by atoms with Crippen molar-refractivity contribution in [1.82, 2.24) is 10.2 Å². The maximum Gasteiger partial charge on any atom is 0.223 e. The van der Waals surface area contributed by atoms with Crippen LogP contribution in [0.5, 0.6) is 0 Å². The van der Waals surface area contributed by atoms with Crippen molar-refractivity contribution in [3.05, 3.63) is 21.4 Å². The Morgan fingerprint density at radius 2 is 2.09 bits per heavy atom. The van der Waals surface area contributed by atoms with Gasteiger partial charge in [0.25, 0.3) is 0 Å². The van der Waals surface area contributed by atoms with Crippen molar-refractivity contribution in [2.75, 3.05) is 26.7 Å². The number of nitrogens with one attached hydrogen (secondary N) is 1. The highest BCUT2D eigenvalue weighted by Gasteiger charge is 2.26. The SMILES string of the molecule is CNCC1CCN(C(=O)CCC(=O)c2cc(C)sc2C)C1.Cl. The molecule has 4 nitrogen and oxygen atoms in total. The van der Waals surface area contributed by atoms with Crippen LogP contribution in [-0.2, 0) is 4.79 Å². The van der Waals surface area contributed by atoms with Gasteiger partial charge in [-0.1, -0.05) is 0 Å². The topological polar surface area (TPSA) is 49.4 Å². The van der Waals surface area contributed by atoms with Crippen LogP contribution in [0, 0.1) is 19.8 Å². The molecule has 6 heteroatoms. The minimum Gasteiger partial charge on any atom is -0.342 e. The number of carbonyl (C=O) groups is 2. The zero-order chi connectivity index (χ0) is 15.4. The van der Waals surface area contributed by atoms with Crippen LogP contribution in [0.25, 0.3) is 0 Å². The summed E-state index contributed by atoms with van der Waals surface area (Å²) in [6.07, 6.45) is 1.71. The van der Waals surface area contributed by atoms with Gasteiger partial charge < -0.3 is 10.2 Å². The van der Waals surface area contributed by atoms with Crippen molar-refractivity contribution >= 4 is 35.4 Å². The molecule has 0 bridgehead atoms. The number of rotatable bonds is 6. The highest BCUT2D eigenvalue weighted by Crippen LogP contribution is 2.23. The molecule has 0 saturated carbocycles. The van der Waals surface area contributed by atoms with Gasteiger partial charge in [0.05, 0.1) is 0 Å². The maximum absolute atomic E-state index is 12.2. The number of ketones is 1. The summed E-state index contributed by atoms with van der Waals surface area (Å²) in [6, 6.07) is 1.94. The number of nitrogens with zero attached hydrogens (tertiary/aromatic N) is 1. The number of Topliss-reactive ketones (excluding diaryl/α,β-unsaturated/α-hetero) is 1. The van der Waals surface area contributed by atoms with Gasteiger partial charge in [0, 0.05) is 41.2 Å². The van der Waals surface area contributed by atoms with E-state index in [1.807, 2.05) is 31.9 Å². The number of thiophene rings is 1. The molecule has 22 heavy (non-hydrogen) atoms. The molecule has 2 rings (SSSR count). The molecule has 1 aromatic heterocycles. The standard InChI is InChI=1S/C16H24N2O2S.ClH/c1-11-8-14(12(2)21-11)15(19)4-5-16(20)18-7-6-13(10-18)9-17-3;/h8,13,17H,4-7,9-10H2,1-3H3;1H. The first-order valence-corrected chi connectivity index (χ1v) is 8.35. The van der Waals surface area contributed by atoms with Crippen LogP contribution in [0.1, 0.15) is 39.4 Å². The Balaban J connectivity index is 0.00000242. The highest BCUT2D eigenvalue weighted by molar-refractivity contribution is 7.12. The first-order chi connectivity index (χ1) is 10.0. The van der Waals surface area contributed by atoms with Crippen LogP contribution in [0.3, 0.4) is 0 Å². The van der Waals surface area contributed by atoms with Crippen LogP contribution in [0.15, 0.2) is 6.07 Å². The summed E-state index contributed by atoms with van der Waals surface area (Å²) in [5.41, 5.74) is 0.791. The number of aryl methyl sites for hydroxylation is 2. The average molecular weight is 345 g/mol. The largest absolute Gasteiger partial charge is 0.342 e. The van der Waals surface area contributed by atoms with Gasteiger partial charge in [0.1, 0.15) is 0 Å². The Labute approximate surface area is 142 Å². The van der Waals surface area contributed by atoms with E-state index in [9.17, 15) is 9.59 Å². The molecule has 0 aliphatic carbocycles. The molecule has 0 radical (unpaired) electrons. The fourth-order valence-corrected chi connectivity index (χ4v) is 3.88. The average Bonchev–Trinajstić information content (AvgIpc) is 3.03. The molecule has 1 aromatic rings. The second kappa shape index (κ2) is 8.65. The Kier molecular flexibility index (Phi) is 7.53. The lowest BCUT2D eigenvalue weighted by Gasteiger charge is -2.16. The second-order valence-corrected chi connectivity index (χ2v) is 7.26. The Bertz CT molecular complexity index is 530. The van der Waals surface area contributed by atoms with E-state index in [2.05, 4.69) is 5.32 Å². The number of halogens is 1. The van der Waals surface area contributed by atoms with Gasteiger partial charge in [0.2, 0.25) is 5.91 Å². The predicted molar refractivity (Wildman–Crippen MR) is 93.2 cm³/mol. The zero-order valence-electron chi connectivity index (χ0n) is 13.5. The van der Waals surface area contributed by atoms with Crippen molar-refractivity contribution in [2.24, 2.45) is 5.92 Å². The van der Waals surface area contributed by atoms with Crippen LogP contribution in [-0.4, -0.2) is 43.3 Å². The lowest BCUT2D eigenvalue weighted by molar-refractivity contribution is -0.130. The zero-order valence-corrected chi connectivity index (χ0v) is 15.1. The van der Waals surface area contributed by atoms with Crippen molar-refractivity contribution in [1.29, 1.82) is 0 Å². The molecule has 2 heterocycles. The molecular formula is C16H25ClN2O2S. The molecule has 1 N–H and O–H groups in total. The molecule has 1 unspecified atom stereocenters. The molecular weight excluding hydrogens is 320 g/mol. The van der Waals surface area contributed by atoms with Crippen molar-refractivity contribution in [3.8, 4) is 0 Å². The summed E-state index contributed by atoms with van der Waals surface area (Å²) in [5.74, 6) is 0.763. The van der Waals surface area contributed by atoms with E-state index in [1.165, 1.54) is 0 Å². The first kappa shape index (κ1) is 19.1. The van der Waals surface area contributed by atoms with Gasteiger partial charge in [0.15, 0.2) is 5.78 Å². The minimum atomic E-state index is 0. The molecule has 1 fully saturated rings. The van der Waals surface area contributed by atoms with E-state index < -0.39 is 0 Å². The summed E-state index contributed by atoms with van der Waals surface area (Å²) in [7, 11) is 1.94. The van der Waals surface area contributed by atoms with Gasteiger partial charge in [-0.25, -0.2) is 0 Å². The second-order valence-electron chi connectivity index (χ2n) is 5.80.